The zero-order chi connectivity index (χ0) is 19.2. The van der Waals surface area contributed by atoms with Crippen molar-refractivity contribution in [3.63, 3.8) is 0 Å². The van der Waals surface area contributed by atoms with Gasteiger partial charge in [-0.1, -0.05) is 6.92 Å². The van der Waals surface area contributed by atoms with Gasteiger partial charge in [-0.05, 0) is 34.7 Å². The number of aryl methyl sites for hydroxylation is 1. The van der Waals surface area contributed by atoms with E-state index in [9.17, 15) is 18.0 Å². The quantitative estimate of drug-likeness (QED) is 0.562. The minimum Gasteiger partial charge on any atom is -0.275 e. The average Bonchev–Trinajstić information content (AvgIpc) is 2.89. The molecule has 0 saturated heterocycles. The number of hydrogen-bond donors (Lipinski definition) is 0. The van der Waals surface area contributed by atoms with E-state index in [1.165, 1.54) is 18.8 Å². The molecule has 5 nitrogen and oxygen atoms in total. The molecule has 0 fully saturated rings. The minimum atomic E-state index is -4.58. The van der Waals surface area contributed by atoms with Gasteiger partial charge in [-0.25, -0.2) is 4.98 Å². The smallest absolute Gasteiger partial charge is 0.275 e. The van der Waals surface area contributed by atoms with Gasteiger partial charge in [0.15, 0.2) is 5.65 Å². The molecule has 10 heteroatoms. The van der Waals surface area contributed by atoms with Gasteiger partial charge in [0, 0.05) is 34.2 Å². The van der Waals surface area contributed by atoms with Crippen LogP contribution < -0.4 is 5.56 Å². The Bertz CT molecular complexity index is 1060. The second-order valence-electron chi connectivity index (χ2n) is 5.54. The number of nitrogens with zero attached hydrogens (tertiary/aromatic N) is 4. The van der Waals surface area contributed by atoms with Gasteiger partial charge in [-0.2, -0.15) is 17.7 Å². The number of alkyl halides is 3. The van der Waals surface area contributed by atoms with Gasteiger partial charge in [0.2, 0.25) is 0 Å². The maximum atomic E-state index is 13.2. The van der Waals surface area contributed by atoms with Crippen molar-refractivity contribution in [2.45, 2.75) is 24.9 Å². The molecule has 0 bridgehead atoms. The number of aromatic nitrogens is 4. The molecule has 0 aliphatic rings. The van der Waals surface area contributed by atoms with Crippen molar-refractivity contribution < 1.29 is 13.2 Å². The highest BCUT2D eigenvalue weighted by Crippen LogP contribution is 2.33. The molecule has 0 aliphatic carbocycles. The number of thioether (sulfide) groups is 1. The second kappa shape index (κ2) is 6.73. The van der Waals surface area contributed by atoms with Crippen LogP contribution in [0.1, 0.15) is 18.2 Å². The van der Waals surface area contributed by atoms with E-state index >= 15 is 0 Å². The van der Waals surface area contributed by atoms with Crippen molar-refractivity contribution in [1.82, 2.24) is 19.2 Å². The Balaban J connectivity index is 2.33. The van der Waals surface area contributed by atoms with Crippen LogP contribution in [-0.4, -0.2) is 24.9 Å². The van der Waals surface area contributed by atoms with Gasteiger partial charge >= 0.3 is 6.18 Å². The summed E-state index contributed by atoms with van der Waals surface area (Å²) in [5.74, 6) is 0.773. The van der Waals surface area contributed by atoms with E-state index in [0.717, 1.165) is 30.4 Å². The van der Waals surface area contributed by atoms with Crippen LogP contribution in [0.5, 0.6) is 0 Å². The van der Waals surface area contributed by atoms with Crippen molar-refractivity contribution in [2.75, 3.05) is 5.75 Å². The largest absolute Gasteiger partial charge is 0.433 e. The summed E-state index contributed by atoms with van der Waals surface area (Å²) in [6, 6.07) is 2.72. The van der Waals surface area contributed by atoms with Gasteiger partial charge in [-0.3, -0.25) is 14.5 Å². The standard InChI is InChI=1S/C16H14BrF3N4OS/c1-4-26-10-5-9(17)7-21-14(10)13-8(2)15(25)24-12(22-13)6-11(23(24)3)16(18,19)20/h5-7H,4H2,1-3H3. The van der Waals surface area contributed by atoms with Crippen LogP contribution in [0, 0.1) is 6.92 Å². The normalized spacial score (nSPS) is 12.1. The fourth-order valence-electron chi connectivity index (χ4n) is 2.68. The Hall–Kier alpha value is -1.81. The first-order valence-corrected chi connectivity index (χ1v) is 9.38. The number of fused-ring (bicyclic) bond motifs is 1. The lowest BCUT2D eigenvalue weighted by Gasteiger charge is -2.11. The summed E-state index contributed by atoms with van der Waals surface area (Å²) < 4.78 is 42.0. The van der Waals surface area contributed by atoms with Gasteiger partial charge in [-0.15, -0.1) is 11.8 Å². The molecule has 0 radical (unpaired) electrons. The number of halogens is 4. The van der Waals surface area contributed by atoms with E-state index in [1.54, 1.807) is 13.1 Å². The van der Waals surface area contributed by atoms with Crippen molar-refractivity contribution in [3.8, 4) is 11.4 Å². The Labute approximate surface area is 159 Å². The lowest BCUT2D eigenvalue weighted by atomic mass is 10.2. The Morgan fingerprint density at radius 1 is 1.27 bits per heavy atom. The Morgan fingerprint density at radius 2 is 1.96 bits per heavy atom. The van der Waals surface area contributed by atoms with E-state index in [4.69, 9.17) is 0 Å². The van der Waals surface area contributed by atoms with Crippen LogP contribution in [-0.2, 0) is 13.2 Å². The third-order valence-corrected chi connectivity index (χ3v) is 5.20. The summed E-state index contributed by atoms with van der Waals surface area (Å²) in [6.45, 7) is 3.52. The zero-order valence-electron chi connectivity index (χ0n) is 14.1. The van der Waals surface area contributed by atoms with Gasteiger partial charge in [0.1, 0.15) is 17.1 Å². The molecular weight excluding hydrogens is 433 g/mol. The van der Waals surface area contributed by atoms with Crippen molar-refractivity contribution in [2.24, 2.45) is 7.05 Å². The van der Waals surface area contributed by atoms with Gasteiger partial charge in [0.05, 0.1) is 0 Å². The fraction of sp³-hybridized carbons (Fsp3) is 0.312. The number of pyridine rings is 1. The molecule has 0 atom stereocenters. The fourth-order valence-corrected chi connectivity index (χ4v) is 3.97. The predicted octanol–water partition coefficient (Wildman–Crippen LogP) is 4.30. The third-order valence-electron chi connectivity index (χ3n) is 3.86. The SMILES string of the molecule is CCSc1cc(Br)cnc1-c1nc2cc(C(F)(F)F)n(C)n2c(=O)c1C. The van der Waals surface area contributed by atoms with Crippen molar-refractivity contribution in [3.05, 3.63) is 44.4 Å². The Morgan fingerprint density at radius 3 is 2.58 bits per heavy atom. The lowest BCUT2D eigenvalue weighted by molar-refractivity contribution is -0.143. The van der Waals surface area contributed by atoms with Crippen LogP contribution in [0.4, 0.5) is 13.2 Å². The molecule has 0 amide bonds. The highest BCUT2D eigenvalue weighted by Gasteiger charge is 2.35. The molecule has 0 aromatic carbocycles. The van der Waals surface area contributed by atoms with E-state index in [1.807, 2.05) is 13.0 Å². The van der Waals surface area contributed by atoms with E-state index in [2.05, 4.69) is 25.9 Å². The molecule has 3 aromatic rings. The topological polar surface area (TPSA) is 52.2 Å². The lowest BCUT2D eigenvalue weighted by Crippen LogP contribution is -2.25. The van der Waals surface area contributed by atoms with E-state index in [0.29, 0.717) is 5.69 Å². The molecule has 26 heavy (non-hydrogen) atoms. The van der Waals surface area contributed by atoms with Crippen LogP contribution in [0.25, 0.3) is 17.0 Å². The monoisotopic (exact) mass is 446 g/mol. The van der Waals surface area contributed by atoms with Gasteiger partial charge < -0.3 is 0 Å². The molecule has 0 N–H and O–H groups in total. The second-order valence-corrected chi connectivity index (χ2v) is 7.77. The summed E-state index contributed by atoms with van der Waals surface area (Å²) in [5, 5.41) is 0. The van der Waals surface area contributed by atoms with Crippen molar-refractivity contribution >= 4 is 33.3 Å². The summed E-state index contributed by atoms with van der Waals surface area (Å²) >= 11 is 4.87. The highest BCUT2D eigenvalue weighted by atomic mass is 79.9. The van der Waals surface area contributed by atoms with Crippen LogP contribution >= 0.6 is 27.7 Å². The first kappa shape index (κ1) is 19.0. The molecule has 0 saturated carbocycles. The molecule has 0 unspecified atom stereocenters. The summed E-state index contributed by atoms with van der Waals surface area (Å²) in [7, 11) is 1.19. The summed E-state index contributed by atoms with van der Waals surface area (Å²) in [5.41, 5.74) is -0.550. The molecule has 3 heterocycles. The van der Waals surface area contributed by atoms with Crippen LogP contribution in [0.3, 0.4) is 0 Å². The van der Waals surface area contributed by atoms with E-state index in [-0.39, 0.29) is 16.9 Å². The highest BCUT2D eigenvalue weighted by molar-refractivity contribution is 9.10. The molecule has 138 valence electrons. The Kier molecular flexibility index (Phi) is 4.91. The third kappa shape index (κ3) is 3.16. The molecule has 0 spiro atoms. The van der Waals surface area contributed by atoms with Gasteiger partial charge in [0.25, 0.3) is 5.56 Å². The number of hydrogen-bond acceptors (Lipinski definition) is 4. The molecular formula is C16H14BrF3N4OS. The van der Waals surface area contributed by atoms with Crippen molar-refractivity contribution in [1.29, 1.82) is 0 Å². The molecule has 3 aromatic heterocycles. The predicted molar refractivity (Wildman–Crippen MR) is 97.5 cm³/mol. The van der Waals surface area contributed by atoms with Crippen LogP contribution in [0.2, 0.25) is 0 Å². The maximum absolute atomic E-state index is 13.2. The summed E-state index contributed by atoms with van der Waals surface area (Å²) in [4.78, 5) is 22.2. The summed E-state index contributed by atoms with van der Waals surface area (Å²) in [6.07, 6.45) is -3.01. The first-order chi connectivity index (χ1) is 12.1. The maximum Gasteiger partial charge on any atom is 0.433 e. The molecule has 3 rings (SSSR count). The molecule has 0 aliphatic heterocycles. The van der Waals surface area contributed by atoms with E-state index < -0.39 is 17.4 Å². The first-order valence-electron chi connectivity index (χ1n) is 7.60. The zero-order valence-corrected chi connectivity index (χ0v) is 16.5. The van der Waals surface area contributed by atoms with Crippen LogP contribution in [0.15, 0.2) is 32.5 Å². The minimum absolute atomic E-state index is 0.0670. The average molecular weight is 447 g/mol. The number of rotatable bonds is 3.